The number of H-pyrrole nitrogens is 1. The quantitative estimate of drug-likeness (QED) is 0.743. The van der Waals surface area contributed by atoms with E-state index in [1.165, 1.54) is 6.07 Å². The van der Waals surface area contributed by atoms with Crippen molar-refractivity contribution in [2.45, 2.75) is 11.8 Å². The lowest BCUT2D eigenvalue weighted by Crippen LogP contribution is -2.16. The van der Waals surface area contributed by atoms with Crippen molar-refractivity contribution in [1.82, 2.24) is 10.2 Å². The first-order valence-corrected chi connectivity index (χ1v) is 6.57. The molecule has 0 fully saturated rings. The Kier molecular flexibility index (Phi) is 3.14. The van der Waals surface area contributed by atoms with Crippen molar-refractivity contribution in [2.75, 3.05) is 10.5 Å². The van der Waals surface area contributed by atoms with E-state index in [-0.39, 0.29) is 11.5 Å². The summed E-state index contributed by atoms with van der Waals surface area (Å²) in [4.78, 5) is -0.870. The van der Waals surface area contributed by atoms with Gasteiger partial charge < -0.3 is 5.73 Å². The average molecular weight is 288 g/mol. The topological polar surface area (TPSA) is 101 Å². The number of hydrogen-bond donors (Lipinski definition) is 3. The van der Waals surface area contributed by atoms with Crippen molar-refractivity contribution in [3.05, 3.63) is 35.5 Å². The normalized spacial score (nSPS) is 11.5. The van der Waals surface area contributed by atoms with Gasteiger partial charge >= 0.3 is 0 Å². The molecule has 2 rings (SSSR count). The highest BCUT2D eigenvalue weighted by Crippen LogP contribution is 2.23. The van der Waals surface area contributed by atoms with Gasteiger partial charge in [0.15, 0.2) is 17.5 Å². The molecule has 0 aliphatic heterocycles. The highest BCUT2D eigenvalue weighted by molar-refractivity contribution is 7.92. The monoisotopic (exact) mass is 288 g/mol. The molecule has 19 heavy (non-hydrogen) atoms. The molecule has 1 heterocycles. The third kappa shape index (κ3) is 2.65. The summed E-state index contributed by atoms with van der Waals surface area (Å²) in [6, 6.07) is 2.94. The molecule has 6 nitrogen and oxygen atoms in total. The third-order valence-corrected chi connectivity index (χ3v) is 3.61. The molecule has 1 aromatic carbocycles. The van der Waals surface area contributed by atoms with Crippen LogP contribution >= 0.6 is 0 Å². The lowest BCUT2D eigenvalue weighted by atomic mass is 10.3. The van der Waals surface area contributed by atoms with Crippen LogP contribution in [0.2, 0.25) is 0 Å². The molecule has 102 valence electrons. The van der Waals surface area contributed by atoms with Crippen LogP contribution in [0.5, 0.6) is 0 Å². The first-order valence-electron chi connectivity index (χ1n) is 5.09. The number of halogens is 2. The predicted molar refractivity (Wildman–Crippen MR) is 64.9 cm³/mol. The number of rotatable bonds is 3. The highest BCUT2D eigenvalue weighted by Gasteiger charge is 2.23. The van der Waals surface area contributed by atoms with Crippen molar-refractivity contribution in [2.24, 2.45) is 0 Å². The van der Waals surface area contributed by atoms with Crippen molar-refractivity contribution in [3.63, 3.8) is 0 Å². The summed E-state index contributed by atoms with van der Waals surface area (Å²) in [5.41, 5.74) is 5.71. The van der Waals surface area contributed by atoms with Crippen LogP contribution in [0.3, 0.4) is 0 Å². The number of sulfonamides is 1. The third-order valence-electron chi connectivity index (χ3n) is 2.25. The lowest BCUT2D eigenvalue weighted by Gasteiger charge is -2.07. The Morgan fingerprint density at radius 3 is 2.58 bits per heavy atom. The van der Waals surface area contributed by atoms with Crippen LogP contribution in [0.15, 0.2) is 23.1 Å². The molecule has 2 aromatic rings. The highest BCUT2D eigenvalue weighted by atomic mass is 32.2. The van der Waals surface area contributed by atoms with Crippen LogP contribution in [-0.4, -0.2) is 18.6 Å². The van der Waals surface area contributed by atoms with E-state index in [0.717, 1.165) is 6.07 Å². The number of aryl methyl sites for hydroxylation is 1. The summed E-state index contributed by atoms with van der Waals surface area (Å²) in [5, 5.41) is 6.15. The molecule has 0 unspecified atom stereocenters. The Hall–Kier alpha value is -2.16. The minimum absolute atomic E-state index is 0.0280. The Balaban J connectivity index is 2.45. The molecule has 9 heteroatoms. The summed E-state index contributed by atoms with van der Waals surface area (Å²) in [6.45, 7) is 1.66. The zero-order chi connectivity index (χ0) is 14.2. The van der Waals surface area contributed by atoms with E-state index >= 15 is 0 Å². The van der Waals surface area contributed by atoms with Gasteiger partial charge in [-0.2, -0.15) is 5.10 Å². The number of benzene rings is 1. The fourth-order valence-corrected chi connectivity index (χ4v) is 2.56. The van der Waals surface area contributed by atoms with E-state index in [0.29, 0.717) is 11.8 Å². The van der Waals surface area contributed by atoms with Gasteiger partial charge in [0.1, 0.15) is 4.90 Å². The molecule has 0 saturated heterocycles. The van der Waals surface area contributed by atoms with Crippen LogP contribution < -0.4 is 10.5 Å². The number of hydrogen-bond acceptors (Lipinski definition) is 4. The van der Waals surface area contributed by atoms with E-state index in [2.05, 4.69) is 10.2 Å². The van der Waals surface area contributed by atoms with E-state index in [1.54, 1.807) is 6.92 Å². The van der Waals surface area contributed by atoms with E-state index in [4.69, 9.17) is 5.73 Å². The van der Waals surface area contributed by atoms with Gasteiger partial charge in [-0.05, 0) is 19.1 Å². The Morgan fingerprint density at radius 2 is 2.00 bits per heavy atom. The van der Waals surface area contributed by atoms with Gasteiger partial charge in [0, 0.05) is 17.4 Å². The average Bonchev–Trinajstić information content (AvgIpc) is 2.68. The van der Waals surface area contributed by atoms with Gasteiger partial charge in [-0.3, -0.25) is 9.82 Å². The van der Waals surface area contributed by atoms with E-state index < -0.39 is 26.6 Å². The van der Waals surface area contributed by atoms with Crippen molar-refractivity contribution < 1.29 is 17.2 Å². The first kappa shape index (κ1) is 13.3. The number of nitrogens with zero attached hydrogens (tertiary/aromatic N) is 1. The number of aromatic nitrogens is 2. The summed E-state index contributed by atoms with van der Waals surface area (Å²) in [6.07, 6.45) is 0. The fraction of sp³-hybridized carbons (Fsp3) is 0.100. The summed E-state index contributed by atoms with van der Waals surface area (Å²) >= 11 is 0. The number of nitrogens with one attached hydrogen (secondary N) is 2. The summed E-state index contributed by atoms with van der Waals surface area (Å²) < 4.78 is 52.5. The van der Waals surface area contributed by atoms with Crippen molar-refractivity contribution in [3.8, 4) is 0 Å². The minimum atomic E-state index is -4.30. The smallest absolute Gasteiger partial charge is 0.266 e. The minimum Gasteiger partial charge on any atom is -0.399 e. The number of anilines is 2. The molecule has 0 aliphatic carbocycles. The Bertz CT molecular complexity index is 727. The van der Waals surface area contributed by atoms with Crippen LogP contribution in [-0.2, 0) is 10.0 Å². The SMILES string of the molecule is Cc1cc(NS(=O)(=O)c2cc(N)cc(F)c2F)n[nH]1. The second kappa shape index (κ2) is 4.50. The maximum Gasteiger partial charge on any atom is 0.266 e. The molecule has 1 aromatic heterocycles. The summed E-state index contributed by atoms with van der Waals surface area (Å²) in [7, 11) is -4.30. The Labute approximate surface area is 107 Å². The van der Waals surface area contributed by atoms with Crippen LogP contribution in [0.1, 0.15) is 5.69 Å². The first-order chi connectivity index (χ1) is 8.79. The van der Waals surface area contributed by atoms with E-state index in [1.807, 2.05) is 4.72 Å². The van der Waals surface area contributed by atoms with Gasteiger partial charge in [0.25, 0.3) is 10.0 Å². The molecular formula is C10H10F2N4O2S. The molecule has 0 radical (unpaired) electrons. The van der Waals surface area contributed by atoms with Crippen molar-refractivity contribution in [1.29, 1.82) is 0 Å². The van der Waals surface area contributed by atoms with Crippen LogP contribution in [0.4, 0.5) is 20.3 Å². The van der Waals surface area contributed by atoms with Crippen LogP contribution in [0.25, 0.3) is 0 Å². The molecule has 0 saturated carbocycles. The lowest BCUT2D eigenvalue weighted by molar-refractivity contribution is 0.486. The Morgan fingerprint density at radius 1 is 1.32 bits per heavy atom. The van der Waals surface area contributed by atoms with E-state index in [9.17, 15) is 17.2 Å². The molecular weight excluding hydrogens is 278 g/mol. The zero-order valence-electron chi connectivity index (χ0n) is 9.74. The maximum absolute atomic E-state index is 13.5. The molecule has 0 aliphatic rings. The molecule has 0 bridgehead atoms. The molecule has 0 spiro atoms. The zero-order valence-corrected chi connectivity index (χ0v) is 10.6. The van der Waals surface area contributed by atoms with Crippen LogP contribution in [0, 0.1) is 18.6 Å². The van der Waals surface area contributed by atoms with Gasteiger partial charge in [0.05, 0.1) is 0 Å². The molecule has 0 atom stereocenters. The maximum atomic E-state index is 13.5. The second-order valence-corrected chi connectivity index (χ2v) is 5.51. The largest absolute Gasteiger partial charge is 0.399 e. The van der Waals surface area contributed by atoms with Crippen molar-refractivity contribution >= 4 is 21.5 Å². The number of aromatic amines is 1. The van der Waals surface area contributed by atoms with Gasteiger partial charge in [-0.25, -0.2) is 17.2 Å². The number of nitrogen functional groups attached to an aromatic ring is 1. The molecule has 0 amide bonds. The predicted octanol–water partition coefficient (Wildman–Crippen LogP) is 1.38. The molecule has 4 N–H and O–H groups in total. The van der Waals surface area contributed by atoms with Gasteiger partial charge in [0.2, 0.25) is 0 Å². The standard InChI is InChI=1S/C10H10F2N4O2S/c1-5-2-9(15-14-5)16-19(17,18)8-4-6(13)3-7(11)10(8)12/h2-4H,13H2,1H3,(H2,14,15,16). The fourth-order valence-electron chi connectivity index (χ4n) is 1.44. The second-order valence-electron chi connectivity index (χ2n) is 3.86. The van der Waals surface area contributed by atoms with Gasteiger partial charge in [-0.1, -0.05) is 0 Å². The number of nitrogens with two attached hydrogens (primary N) is 1. The van der Waals surface area contributed by atoms with Gasteiger partial charge in [-0.15, -0.1) is 0 Å². The summed E-state index contributed by atoms with van der Waals surface area (Å²) in [5.74, 6) is -2.85.